The Morgan fingerprint density at radius 3 is 1.96 bits per heavy atom. The first-order chi connectivity index (χ1) is 13.0. The van der Waals surface area contributed by atoms with Gasteiger partial charge in [-0.1, -0.05) is 48.9 Å². The fourth-order valence-electron chi connectivity index (χ4n) is 2.81. The molecule has 1 aliphatic rings. The van der Waals surface area contributed by atoms with Gasteiger partial charge in [-0.25, -0.2) is 9.59 Å². The van der Waals surface area contributed by atoms with Crippen LogP contribution in [0.1, 0.15) is 30.4 Å². The number of nitrogens with zero attached hydrogens (tertiary/aromatic N) is 1. The van der Waals surface area contributed by atoms with Gasteiger partial charge in [0.15, 0.2) is 0 Å². The molecule has 0 bridgehead atoms. The van der Waals surface area contributed by atoms with E-state index in [1.807, 2.05) is 18.2 Å². The Morgan fingerprint density at radius 1 is 0.815 bits per heavy atom. The van der Waals surface area contributed by atoms with Crippen LogP contribution in [-0.2, 0) is 22.7 Å². The molecular formula is C21H25NO5. The number of hydrogen-bond donors (Lipinski definition) is 2. The quantitative estimate of drug-likeness (QED) is 0.783. The number of hydrogen-bond acceptors (Lipinski definition) is 4. The van der Waals surface area contributed by atoms with Gasteiger partial charge in [0.05, 0.1) is 0 Å². The Labute approximate surface area is 159 Å². The predicted molar refractivity (Wildman–Crippen MR) is 102 cm³/mol. The number of piperidine rings is 1. The zero-order valence-corrected chi connectivity index (χ0v) is 15.2. The third-order valence-electron chi connectivity index (χ3n) is 4.21. The second kappa shape index (κ2) is 11.0. The fraction of sp³-hybridized carbons (Fsp3) is 0.333. The van der Waals surface area contributed by atoms with E-state index in [9.17, 15) is 0 Å². The zero-order chi connectivity index (χ0) is 19.5. The molecular weight excluding hydrogens is 346 g/mol. The van der Waals surface area contributed by atoms with Gasteiger partial charge in [0.25, 0.3) is 0 Å². The lowest BCUT2D eigenvalue weighted by molar-refractivity contribution is -0.159. The smallest absolute Gasteiger partial charge is 0.414 e. The van der Waals surface area contributed by atoms with Crippen LogP contribution in [0.5, 0.6) is 5.75 Å². The van der Waals surface area contributed by atoms with Gasteiger partial charge in [0, 0.05) is 6.54 Å². The molecule has 0 radical (unpaired) electrons. The van der Waals surface area contributed by atoms with Crippen LogP contribution in [0, 0.1) is 0 Å². The van der Waals surface area contributed by atoms with Crippen molar-refractivity contribution in [2.75, 3.05) is 13.1 Å². The van der Waals surface area contributed by atoms with E-state index >= 15 is 0 Å². The molecule has 6 nitrogen and oxygen atoms in total. The molecule has 0 aromatic heterocycles. The van der Waals surface area contributed by atoms with Crippen molar-refractivity contribution in [3.05, 3.63) is 65.7 Å². The first kappa shape index (κ1) is 20.5. The van der Waals surface area contributed by atoms with Gasteiger partial charge in [-0.15, -0.1) is 0 Å². The summed E-state index contributed by atoms with van der Waals surface area (Å²) in [5.74, 6) is -2.70. The molecule has 2 aromatic carbocycles. The topological polar surface area (TPSA) is 87.1 Å². The Bertz CT molecular complexity index is 697. The average Bonchev–Trinajstić information content (AvgIpc) is 2.69. The number of carboxylic acids is 2. The van der Waals surface area contributed by atoms with Crippen molar-refractivity contribution < 1.29 is 24.5 Å². The van der Waals surface area contributed by atoms with Crippen molar-refractivity contribution in [3.8, 4) is 5.75 Å². The maximum absolute atomic E-state index is 9.10. The van der Waals surface area contributed by atoms with E-state index in [4.69, 9.17) is 24.5 Å². The molecule has 0 spiro atoms. The molecule has 2 N–H and O–H groups in total. The van der Waals surface area contributed by atoms with E-state index < -0.39 is 11.9 Å². The van der Waals surface area contributed by atoms with E-state index in [1.54, 1.807) is 0 Å². The monoisotopic (exact) mass is 371 g/mol. The summed E-state index contributed by atoms with van der Waals surface area (Å²) in [6.45, 7) is 4.18. The van der Waals surface area contributed by atoms with E-state index in [1.165, 1.54) is 43.5 Å². The SMILES string of the molecule is O=C(O)C(=O)O.c1ccc(COc2ccc(CN3CCCCC3)cc2)cc1. The highest BCUT2D eigenvalue weighted by Crippen LogP contribution is 2.17. The highest BCUT2D eigenvalue weighted by atomic mass is 16.5. The molecule has 144 valence electrons. The maximum Gasteiger partial charge on any atom is 0.414 e. The summed E-state index contributed by atoms with van der Waals surface area (Å²) in [4.78, 5) is 20.7. The third-order valence-corrected chi connectivity index (χ3v) is 4.21. The van der Waals surface area contributed by atoms with Crippen LogP contribution in [0.25, 0.3) is 0 Å². The summed E-state index contributed by atoms with van der Waals surface area (Å²) < 4.78 is 5.82. The van der Waals surface area contributed by atoms with Gasteiger partial charge in [-0.3, -0.25) is 4.90 Å². The van der Waals surface area contributed by atoms with Crippen LogP contribution in [0.15, 0.2) is 54.6 Å². The molecule has 1 heterocycles. The first-order valence-corrected chi connectivity index (χ1v) is 8.99. The van der Waals surface area contributed by atoms with Crippen molar-refractivity contribution in [2.45, 2.75) is 32.4 Å². The lowest BCUT2D eigenvalue weighted by Gasteiger charge is -2.26. The normalized spacial score (nSPS) is 13.9. The van der Waals surface area contributed by atoms with Gasteiger partial charge in [-0.05, 0) is 49.2 Å². The van der Waals surface area contributed by atoms with E-state index in [0.29, 0.717) is 6.61 Å². The fourth-order valence-corrected chi connectivity index (χ4v) is 2.81. The molecule has 0 atom stereocenters. The van der Waals surface area contributed by atoms with Crippen LogP contribution < -0.4 is 4.74 Å². The highest BCUT2D eigenvalue weighted by Gasteiger charge is 2.10. The number of likely N-dealkylation sites (tertiary alicyclic amines) is 1. The molecule has 1 aliphatic heterocycles. The van der Waals surface area contributed by atoms with E-state index in [-0.39, 0.29) is 0 Å². The van der Waals surface area contributed by atoms with Crippen LogP contribution in [0.4, 0.5) is 0 Å². The minimum absolute atomic E-state index is 0.631. The molecule has 0 aliphatic carbocycles. The molecule has 1 saturated heterocycles. The Balaban J connectivity index is 0.000000380. The minimum Gasteiger partial charge on any atom is -0.489 e. The van der Waals surface area contributed by atoms with Gasteiger partial charge >= 0.3 is 11.9 Å². The Morgan fingerprint density at radius 2 is 1.41 bits per heavy atom. The molecule has 0 saturated carbocycles. The van der Waals surface area contributed by atoms with Gasteiger partial charge in [0.2, 0.25) is 0 Å². The third kappa shape index (κ3) is 7.92. The predicted octanol–water partition coefficient (Wildman–Crippen LogP) is 3.41. The summed E-state index contributed by atoms with van der Waals surface area (Å²) in [7, 11) is 0. The average molecular weight is 371 g/mol. The number of ether oxygens (including phenoxy) is 1. The molecule has 0 amide bonds. The van der Waals surface area contributed by atoms with Crippen molar-refractivity contribution >= 4 is 11.9 Å². The molecule has 2 aromatic rings. The number of carbonyl (C=O) groups is 2. The summed E-state index contributed by atoms with van der Waals surface area (Å²) in [6.07, 6.45) is 4.08. The Hall–Kier alpha value is -2.86. The molecule has 3 rings (SSSR count). The lowest BCUT2D eigenvalue weighted by atomic mass is 10.1. The summed E-state index contributed by atoms with van der Waals surface area (Å²) in [6, 6.07) is 18.8. The minimum atomic E-state index is -1.82. The van der Waals surface area contributed by atoms with Gasteiger partial charge in [-0.2, -0.15) is 0 Å². The van der Waals surface area contributed by atoms with Crippen molar-refractivity contribution in [3.63, 3.8) is 0 Å². The Kier molecular flexibility index (Phi) is 8.32. The molecule has 27 heavy (non-hydrogen) atoms. The standard InChI is InChI=1S/C19H23NO.C2H2O4/c1-3-7-18(8-4-1)16-21-19-11-9-17(10-12-19)15-20-13-5-2-6-14-20;3-1(4)2(5)6/h1,3-4,7-12H,2,5-6,13-16H2;(H,3,4)(H,5,6). The molecule has 0 unspecified atom stereocenters. The molecule has 1 fully saturated rings. The van der Waals surface area contributed by atoms with Crippen LogP contribution >= 0.6 is 0 Å². The van der Waals surface area contributed by atoms with Crippen LogP contribution in [0.2, 0.25) is 0 Å². The second-order valence-corrected chi connectivity index (χ2v) is 6.37. The van der Waals surface area contributed by atoms with Crippen molar-refractivity contribution in [2.24, 2.45) is 0 Å². The lowest BCUT2D eigenvalue weighted by Crippen LogP contribution is -2.28. The highest BCUT2D eigenvalue weighted by molar-refractivity contribution is 6.27. The van der Waals surface area contributed by atoms with Gasteiger partial charge in [0.1, 0.15) is 12.4 Å². The second-order valence-electron chi connectivity index (χ2n) is 6.37. The van der Waals surface area contributed by atoms with Crippen LogP contribution in [-0.4, -0.2) is 40.1 Å². The summed E-state index contributed by atoms with van der Waals surface area (Å²) >= 11 is 0. The van der Waals surface area contributed by atoms with Gasteiger partial charge < -0.3 is 14.9 Å². The molecule has 6 heteroatoms. The summed E-state index contributed by atoms with van der Waals surface area (Å²) in [5, 5.41) is 14.8. The van der Waals surface area contributed by atoms with Crippen LogP contribution in [0.3, 0.4) is 0 Å². The number of benzene rings is 2. The van der Waals surface area contributed by atoms with E-state index in [0.717, 1.165) is 12.3 Å². The van der Waals surface area contributed by atoms with E-state index in [2.05, 4.69) is 41.3 Å². The van der Waals surface area contributed by atoms with Crippen molar-refractivity contribution in [1.82, 2.24) is 4.90 Å². The number of rotatable bonds is 5. The maximum atomic E-state index is 9.10. The zero-order valence-electron chi connectivity index (χ0n) is 15.2. The first-order valence-electron chi connectivity index (χ1n) is 8.99. The largest absolute Gasteiger partial charge is 0.489 e. The number of aliphatic carboxylic acids is 2. The summed E-state index contributed by atoms with van der Waals surface area (Å²) in [5.41, 5.74) is 2.58. The van der Waals surface area contributed by atoms with Crippen molar-refractivity contribution in [1.29, 1.82) is 0 Å². The number of carboxylic acid groups (broad SMARTS) is 2.